The van der Waals surface area contributed by atoms with Crippen molar-refractivity contribution in [1.29, 1.82) is 0 Å². The summed E-state index contributed by atoms with van der Waals surface area (Å²) >= 11 is 3.21. The summed E-state index contributed by atoms with van der Waals surface area (Å²) in [7, 11) is 2.09. The average molecular weight is 327 g/mol. The Morgan fingerprint density at radius 3 is 2.74 bits per heavy atom. The van der Waals surface area contributed by atoms with Crippen LogP contribution in [0.25, 0.3) is 0 Å². The number of hydrogen-bond acceptors (Lipinski definition) is 3. The molecular formula is C14H19BrN2O2. The lowest BCUT2D eigenvalue weighted by Crippen LogP contribution is -2.24. The van der Waals surface area contributed by atoms with Gasteiger partial charge in [-0.1, -0.05) is 18.9 Å². The summed E-state index contributed by atoms with van der Waals surface area (Å²) in [6.45, 7) is 1.86. The summed E-state index contributed by atoms with van der Waals surface area (Å²) in [6.07, 6.45) is 5.35. The van der Waals surface area contributed by atoms with Crippen molar-refractivity contribution < 1.29 is 4.92 Å². The number of nitrogens with zero attached hydrogens (tertiary/aromatic N) is 2. The highest BCUT2D eigenvalue weighted by molar-refractivity contribution is 9.10. The third kappa shape index (κ3) is 4.01. The van der Waals surface area contributed by atoms with E-state index >= 15 is 0 Å². The molecule has 1 fully saturated rings. The van der Waals surface area contributed by atoms with Gasteiger partial charge in [0.2, 0.25) is 0 Å². The van der Waals surface area contributed by atoms with Gasteiger partial charge in [0.1, 0.15) is 0 Å². The molecule has 0 aromatic heterocycles. The van der Waals surface area contributed by atoms with Crippen molar-refractivity contribution >= 4 is 21.6 Å². The van der Waals surface area contributed by atoms with Gasteiger partial charge in [-0.25, -0.2) is 0 Å². The lowest BCUT2D eigenvalue weighted by molar-refractivity contribution is -0.385. The fourth-order valence-electron chi connectivity index (χ4n) is 2.81. The zero-order valence-electron chi connectivity index (χ0n) is 11.1. The van der Waals surface area contributed by atoms with Crippen molar-refractivity contribution in [1.82, 2.24) is 4.90 Å². The molecule has 1 aliphatic carbocycles. The summed E-state index contributed by atoms with van der Waals surface area (Å²) in [6, 6.07) is 5.37. The molecule has 1 aromatic carbocycles. The van der Waals surface area contributed by atoms with Crippen molar-refractivity contribution in [2.45, 2.75) is 32.2 Å². The van der Waals surface area contributed by atoms with Crippen molar-refractivity contribution in [3.63, 3.8) is 0 Å². The van der Waals surface area contributed by atoms with E-state index in [4.69, 9.17) is 0 Å². The van der Waals surface area contributed by atoms with Gasteiger partial charge in [-0.05, 0) is 53.4 Å². The van der Waals surface area contributed by atoms with Crippen molar-refractivity contribution in [2.75, 3.05) is 13.6 Å². The smallest absolute Gasteiger partial charge is 0.283 e. The maximum atomic E-state index is 10.9. The average Bonchev–Trinajstić information content (AvgIpc) is 2.84. The summed E-state index contributed by atoms with van der Waals surface area (Å²) < 4.78 is 0.541. The van der Waals surface area contributed by atoms with E-state index in [1.807, 2.05) is 6.07 Å². The van der Waals surface area contributed by atoms with Gasteiger partial charge < -0.3 is 4.90 Å². The summed E-state index contributed by atoms with van der Waals surface area (Å²) in [5, 5.41) is 10.9. The second-order valence-electron chi connectivity index (χ2n) is 5.39. The first-order chi connectivity index (χ1) is 9.06. The van der Waals surface area contributed by atoms with Gasteiger partial charge in [-0.3, -0.25) is 10.1 Å². The maximum Gasteiger partial charge on any atom is 0.283 e. The first-order valence-corrected chi connectivity index (χ1v) is 7.47. The molecule has 0 saturated heterocycles. The van der Waals surface area contributed by atoms with Gasteiger partial charge in [0.25, 0.3) is 5.69 Å². The Bertz CT molecular complexity index is 459. The Kier molecular flexibility index (Phi) is 4.93. The standard InChI is InChI=1S/C14H19BrN2O2/c1-16(9-11-4-2-3-5-11)10-12-6-7-13(15)14(8-12)17(18)19/h6-8,11H,2-5,9-10H2,1H3. The molecule has 2 rings (SSSR count). The molecule has 0 atom stereocenters. The molecule has 1 aromatic rings. The Labute approximate surface area is 122 Å². The van der Waals surface area contributed by atoms with E-state index in [0.29, 0.717) is 4.47 Å². The fraction of sp³-hybridized carbons (Fsp3) is 0.571. The van der Waals surface area contributed by atoms with Crippen LogP contribution in [0.15, 0.2) is 22.7 Å². The van der Waals surface area contributed by atoms with Crippen LogP contribution in [-0.4, -0.2) is 23.4 Å². The Morgan fingerprint density at radius 1 is 1.42 bits per heavy atom. The minimum absolute atomic E-state index is 0.145. The fourth-order valence-corrected chi connectivity index (χ4v) is 3.20. The van der Waals surface area contributed by atoms with Gasteiger partial charge in [0.05, 0.1) is 9.40 Å². The number of benzene rings is 1. The molecule has 5 heteroatoms. The van der Waals surface area contributed by atoms with E-state index in [2.05, 4.69) is 27.9 Å². The van der Waals surface area contributed by atoms with E-state index in [-0.39, 0.29) is 10.6 Å². The van der Waals surface area contributed by atoms with Crippen LogP contribution in [0.2, 0.25) is 0 Å². The number of rotatable bonds is 5. The van der Waals surface area contributed by atoms with Crippen LogP contribution < -0.4 is 0 Å². The summed E-state index contributed by atoms with van der Waals surface area (Å²) in [5.41, 5.74) is 1.14. The predicted octanol–water partition coefficient (Wildman–Crippen LogP) is 3.98. The molecule has 0 radical (unpaired) electrons. The normalized spacial score (nSPS) is 16.2. The zero-order chi connectivity index (χ0) is 13.8. The molecule has 0 amide bonds. The second-order valence-corrected chi connectivity index (χ2v) is 6.24. The molecule has 104 valence electrons. The van der Waals surface area contributed by atoms with Crippen LogP contribution in [0.3, 0.4) is 0 Å². The Morgan fingerprint density at radius 2 is 2.11 bits per heavy atom. The maximum absolute atomic E-state index is 10.9. The van der Waals surface area contributed by atoms with Gasteiger partial charge >= 0.3 is 0 Å². The highest BCUT2D eigenvalue weighted by Crippen LogP contribution is 2.28. The lowest BCUT2D eigenvalue weighted by Gasteiger charge is -2.20. The SMILES string of the molecule is CN(Cc1ccc(Br)c([N+](=O)[O-])c1)CC1CCCC1. The third-order valence-corrected chi connectivity index (χ3v) is 4.37. The van der Waals surface area contributed by atoms with Crippen LogP contribution in [0.1, 0.15) is 31.2 Å². The molecule has 0 spiro atoms. The molecule has 4 nitrogen and oxygen atoms in total. The van der Waals surface area contributed by atoms with Crippen LogP contribution >= 0.6 is 15.9 Å². The van der Waals surface area contributed by atoms with Crippen LogP contribution in [0, 0.1) is 16.0 Å². The molecule has 0 aliphatic heterocycles. The topological polar surface area (TPSA) is 46.4 Å². The van der Waals surface area contributed by atoms with Crippen LogP contribution in [0.5, 0.6) is 0 Å². The highest BCUT2D eigenvalue weighted by atomic mass is 79.9. The minimum atomic E-state index is -0.343. The third-order valence-electron chi connectivity index (χ3n) is 3.70. The minimum Gasteiger partial charge on any atom is -0.302 e. The lowest BCUT2D eigenvalue weighted by atomic mass is 10.1. The number of nitro benzene ring substituents is 1. The number of nitro groups is 1. The monoisotopic (exact) mass is 326 g/mol. The van der Waals surface area contributed by atoms with Crippen LogP contribution in [-0.2, 0) is 6.54 Å². The first-order valence-electron chi connectivity index (χ1n) is 6.67. The second kappa shape index (κ2) is 6.48. The van der Waals surface area contributed by atoms with E-state index < -0.39 is 0 Å². The van der Waals surface area contributed by atoms with E-state index in [1.54, 1.807) is 12.1 Å². The molecule has 0 unspecified atom stereocenters. The molecule has 0 heterocycles. The van der Waals surface area contributed by atoms with E-state index in [0.717, 1.165) is 24.6 Å². The molecule has 19 heavy (non-hydrogen) atoms. The number of hydrogen-bond donors (Lipinski definition) is 0. The van der Waals surface area contributed by atoms with Crippen molar-refractivity contribution in [3.8, 4) is 0 Å². The van der Waals surface area contributed by atoms with Gasteiger partial charge in [-0.2, -0.15) is 0 Å². The van der Waals surface area contributed by atoms with Crippen molar-refractivity contribution in [3.05, 3.63) is 38.3 Å². The zero-order valence-corrected chi connectivity index (χ0v) is 12.7. The summed E-state index contributed by atoms with van der Waals surface area (Å²) in [4.78, 5) is 12.8. The van der Waals surface area contributed by atoms with Gasteiger partial charge in [-0.15, -0.1) is 0 Å². The molecule has 1 aliphatic rings. The van der Waals surface area contributed by atoms with E-state index in [9.17, 15) is 10.1 Å². The van der Waals surface area contributed by atoms with Gasteiger partial charge in [0, 0.05) is 19.2 Å². The van der Waals surface area contributed by atoms with Gasteiger partial charge in [0.15, 0.2) is 0 Å². The largest absolute Gasteiger partial charge is 0.302 e. The number of halogens is 1. The van der Waals surface area contributed by atoms with Crippen molar-refractivity contribution in [2.24, 2.45) is 5.92 Å². The summed E-state index contributed by atoms with van der Waals surface area (Å²) in [5.74, 6) is 0.801. The quantitative estimate of drug-likeness (QED) is 0.607. The molecule has 0 bridgehead atoms. The highest BCUT2D eigenvalue weighted by Gasteiger charge is 2.18. The Balaban J connectivity index is 1.98. The molecular weight excluding hydrogens is 308 g/mol. The van der Waals surface area contributed by atoms with Crippen LogP contribution in [0.4, 0.5) is 5.69 Å². The first kappa shape index (κ1) is 14.5. The molecule has 0 N–H and O–H groups in total. The molecule has 1 saturated carbocycles. The van der Waals surface area contributed by atoms with E-state index in [1.165, 1.54) is 25.7 Å². The Hall–Kier alpha value is -0.940. The predicted molar refractivity (Wildman–Crippen MR) is 79.1 cm³/mol.